The molecule has 6 heteroatoms. The lowest BCUT2D eigenvalue weighted by atomic mass is 10.2. The smallest absolute Gasteiger partial charge is 0.131 e. The monoisotopic (exact) mass is 309 g/mol. The normalized spacial score (nSPS) is 19.0. The van der Waals surface area contributed by atoms with E-state index in [2.05, 4.69) is 31.9 Å². The summed E-state index contributed by atoms with van der Waals surface area (Å²) in [6.07, 6.45) is 2.74. The van der Waals surface area contributed by atoms with Gasteiger partial charge in [-0.3, -0.25) is 4.90 Å². The predicted molar refractivity (Wildman–Crippen MR) is 82.1 cm³/mol. The van der Waals surface area contributed by atoms with Crippen LogP contribution in [-0.2, 0) is 17.8 Å². The molecule has 2 aromatic heterocycles. The zero-order valence-electron chi connectivity index (χ0n) is 11.6. The van der Waals surface area contributed by atoms with Crippen LogP contribution in [0.25, 0.3) is 0 Å². The van der Waals surface area contributed by atoms with Gasteiger partial charge in [-0.05, 0) is 42.2 Å². The second-order valence-corrected chi connectivity index (χ2v) is 7.20. The molecule has 0 radical (unpaired) electrons. The topological polar surface area (TPSA) is 38.2 Å². The Bertz CT molecular complexity index is 520. The molecule has 0 spiro atoms. The first-order valence-corrected chi connectivity index (χ1v) is 8.69. The van der Waals surface area contributed by atoms with E-state index in [1.165, 1.54) is 18.4 Å². The molecule has 1 unspecified atom stereocenters. The first-order valence-electron chi connectivity index (χ1n) is 6.93. The third-order valence-corrected chi connectivity index (χ3v) is 4.95. The van der Waals surface area contributed by atoms with Crippen LogP contribution in [0.1, 0.15) is 28.4 Å². The average Bonchev–Trinajstić information content (AvgIpc) is 3.13. The van der Waals surface area contributed by atoms with Crippen molar-refractivity contribution in [3.05, 3.63) is 32.4 Å². The van der Waals surface area contributed by atoms with Crippen molar-refractivity contribution in [1.29, 1.82) is 0 Å². The summed E-state index contributed by atoms with van der Waals surface area (Å²) in [5.74, 6) is 0. The van der Waals surface area contributed by atoms with E-state index in [-0.39, 0.29) is 0 Å². The number of rotatable bonds is 6. The van der Waals surface area contributed by atoms with Crippen molar-refractivity contribution in [1.82, 2.24) is 15.1 Å². The van der Waals surface area contributed by atoms with Crippen molar-refractivity contribution >= 4 is 22.7 Å². The zero-order valence-corrected chi connectivity index (χ0v) is 13.3. The maximum absolute atomic E-state index is 5.77. The molecule has 1 saturated heterocycles. The van der Waals surface area contributed by atoms with Crippen LogP contribution in [0.2, 0.25) is 0 Å². The highest BCUT2D eigenvalue weighted by Crippen LogP contribution is 2.19. The summed E-state index contributed by atoms with van der Waals surface area (Å²) in [5, 5.41) is 14.8. The van der Waals surface area contributed by atoms with E-state index >= 15 is 0 Å². The Morgan fingerprint density at radius 2 is 2.35 bits per heavy atom. The molecule has 20 heavy (non-hydrogen) atoms. The molecule has 0 amide bonds. The van der Waals surface area contributed by atoms with Crippen molar-refractivity contribution < 1.29 is 4.74 Å². The van der Waals surface area contributed by atoms with Gasteiger partial charge in [-0.25, -0.2) is 0 Å². The highest BCUT2D eigenvalue weighted by molar-refractivity contribution is 7.11. The van der Waals surface area contributed by atoms with E-state index in [0.29, 0.717) is 6.10 Å². The van der Waals surface area contributed by atoms with Crippen molar-refractivity contribution in [2.24, 2.45) is 0 Å². The quantitative estimate of drug-likeness (QED) is 0.822. The van der Waals surface area contributed by atoms with Gasteiger partial charge in [-0.15, -0.1) is 21.5 Å². The van der Waals surface area contributed by atoms with Crippen LogP contribution in [0.3, 0.4) is 0 Å². The van der Waals surface area contributed by atoms with E-state index < -0.39 is 0 Å². The van der Waals surface area contributed by atoms with Crippen molar-refractivity contribution in [2.75, 3.05) is 13.2 Å². The van der Waals surface area contributed by atoms with Gasteiger partial charge in [0, 0.05) is 19.7 Å². The van der Waals surface area contributed by atoms with Gasteiger partial charge in [0.1, 0.15) is 10.0 Å². The number of nitrogens with zero attached hydrogens (tertiary/aromatic N) is 3. The molecular weight excluding hydrogens is 290 g/mol. The lowest BCUT2D eigenvalue weighted by molar-refractivity contribution is 0.0678. The van der Waals surface area contributed by atoms with Crippen LogP contribution in [0.5, 0.6) is 0 Å². The second-order valence-electron chi connectivity index (χ2n) is 5.15. The Morgan fingerprint density at radius 3 is 3.00 bits per heavy atom. The number of aryl methyl sites for hydroxylation is 1. The third kappa shape index (κ3) is 3.85. The highest BCUT2D eigenvalue weighted by Gasteiger charge is 2.20. The van der Waals surface area contributed by atoms with Crippen LogP contribution >= 0.6 is 22.7 Å². The Labute approximate surface area is 127 Å². The van der Waals surface area contributed by atoms with Crippen LogP contribution in [0, 0.1) is 6.92 Å². The van der Waals surface area contributed by atoms with E-state index in [0.717, 1.165) is 36.3 Å². The lowest BCUT2D eigenvalue weighted by Gasteiger charge is -2.23. The van der Waals surface area contributed by atoms with E-state index in [1.54, 1.807) is 22.7 Å². The Morgan fingerprint density at radius 1 is 1.40 bits per heavy atom. The molecule has 1 aliphatic heterocycles. The van der Waals surface area contributed by atoms with Gasteiger partial charge in [0.05, 0.1) is 12.6 Å². The van der Waals surface area contributed by atoms with Gasteiger partial charge in [-0.2, -0.15) is 11.3 Å². The Hall–Kier alpha value is -0.820. The summed E-state index contributed by atoms with van der Waals surface area (Å²) < 4.78 is 5.77. The third-order valence-electron chi connectivity index (χ3n) is 3.40. The van der Waals surface area contributed by atoms with Crippen molar-refractivity contribution in [2.45, 2.75) is 39.0 Å². The minimum atomic E-state index is 0.377. The molecule has 3 heterocycles. The minimum Gasteiger partial charge on any atom is -0.377 e. The van der Waals surface area contributed by atoms with E-state index in [1.807, 2.05) is 6.92 Å². The molecule has 0 aromatic carbocycles. The highest BCUT2D eigenvalue weighted by atomic mass is 32.1. The number of hydrogen-bond acceptors (Lipinski definition) is 6. The SMILES string of the molecule is Cc1nnc(CN(Cc2ccsc2)CC2CCCO2)s1. The van der Waals surface area contributed by atoms with Gasteiger partial charge < -0.3 is 4.74 Å². The van der Waals surface area contributed by atoms with Gasteiger partial charge in [0.2, 0.25) is 0 Å². The molecular formula is C14H19N3OS2. The number of hydrogen-bond donors (Lipinski definition) is 0. The zero-order chi connectivity index (χ0) is 13.8. The van der Waals surface area contributed by atoms with E-state index in [9.17, 15) is 0 Å². The fourth-order valence-electron chi connectivity index (χ4n) is 2.49. The minimum absolute atomic E-state index is 0.377. The van der Waals surface area contributed by atoms with Gasteiger partial charge in [0.25, 0.3) is 0 Å². The molecule has 2 aromatic rings. The molecule has 1 atom stereocenters. The summed E-state index contributed by atoms with van der Waals surface area (Å²) in [6.45, 7) is 5.72. The summed E-state index contributed by atoms with van der Waals surface area (Å²) in [6, 6.07) is 2.19. The standard InChI is InChI=1S/C14H19N3OS2/c1-11-15-16-14(20-11)9-17(7-12-4-6-19-10-12)8-13-3-2-5-18-13/h4,6,10,13H,2-3,5,7-9H2,1H3. The summed E-state index contributed by atoms with van der Waals surface area (Å²) >= 11 is 3.44. The summed E-state index contributed by atoms with van der Waals surface area (Å²) in [7, 11) is 0. The number of thiophene rings is 1. The Kier molecular flexibility index (Phi) is 4.77. The van der Waals surface area contributed by atoms with Crippen molar-refractivity contribution in [3.8, 4) is 0 Å². The molecule has 1 fully saturated rings. The summed E-state index contributed by atoms with van der Waals surface area (Å²) in [4.78, 5) is 2.43. The fraction of sp³-hybridized carbons (Fsp3) is 0.571. The van der Waals surface area contributed by atoms with Crippen LogP contribution in [0.15, 0.2) is 16.8 Å². The average molecular weight is 309 g/mol. The number of aromatic nitrogens is 2. The first kappa shape index (κ1) is 14.1. The van der Waals surface area contributed by atoms with Crippen LogP contribution < -0.4 is 0 Å². The largest absolute Gasteiger partial charge is 0.377 e. The number of ether oxygens (including phenoxy) is 1. The molecule has 1 aliphatic rings. The van der Waals surface area contributed by atoms with Gasteiger partial charge in [0.15, 0.2) is 0 Å². The second kappa shape index (κ2) is 6.76. The van der Waals surface area contributed by atoms with Crippen molar-refractivity contribution in [3.63, 3.8) is 0 Å². The lowest BCUT2D eigenvalue weighted by Crippen LogP contribution is -2.31. The molecule has 4 nitrogen and oxygen atoms in total. The van der Waals surface area contributed by atoms with Crippen LogP contribution in [0.4, 0.5) is 0 Å². The molecule has 0 bridgehead atoms. The van der Waals surface area contributed by atoms with E-state index in [4.69, 9.17) is 4.74 Å². The molecule has 0 aliphatic carbocycles. The Balaban J connectivity index is 1.65. The van der Waals surface area contributed by atoms with Crippen LogP contribution in [-0.4, -0.2) is 34.4 Å². The van der Waals surface area contributed by atoms with Gasteiger partial charge >= 0.3 is 0 Å². The maximum Gasteiger partial charge on any atom is 0.131 e. The molecule has 0 saturated carbocycles. The maximum atomic E-state index is 5.77. The molecule has 0 N–H and O–H groups in total. The molecule has 3 rings (SSSR count). The predicted octanol–water partition coefficient (Wildman–Crippen LogP) is 3.09. The molecule has 108 valence electrons. The first-order chi connectivity index (χ1) is 9.79. The fourth-order valence-corrected chi connectivity index (χ4v) is 3.91. The van der Waals surface area contributed by atoms with Gasteiger partial charge in [-0.1, -0.05) is 0 Å². The summed E-state index contributed by atoms with van der Waals surface area (Å²) in [5.41, 5.74) is 1.37.